The quantitative estimate of drug-likeness (QED) is 0.687. The highest BCUT2D eigenvalue weighted by atomic mass is 19.4. The summed E-state index contributed by atoms with van der Waals surface area (Å²) in [7, 11) is 0. The van der Waals surface area contributed by atoms with E-state index in [0.717, 1.165) is 10.1 Å². The molecule has 4 rings (SSSR count). The van der Waals surface area contributed by atoms with Gasteiger partial charge in [0.1, 0.15) is 5.82 Å². The lowest BCUT2D eigenvalue weighted by Gasteiger charge is -2.35. The summed E-state index contributed by atoms with van der Waals surface area (Å²) in [5.74, 6) is -0.675. The Kier molecular flexibility index (Phi) is 4.60. The second-order valence-corrected chi connectivity index (χ2v) is 6.52. The van der Waals surface area contributed by atoms with Crippen molar-refractivity contribution in [2.24, 2.45) is 0 Å². The summed E-state index contributed by atoms with van der Waals surface area (Å²) < 4.78 is 39.9. The molecule has 0 aliphatic carbocycles. The van der Waals surface area contributed by atoms with Gasteiger partial charge in [0.05, 0.1) is 11.6 Å². The molecule has 0 N–H and O–H groups in total. The van der Waals surface area contributed by atoms with Gasteiger partial charge in [-0.15, -0.1) is 15.3 Å². The average molecular weight is 387 g/mol. The predicted molar refractivity (Wildman–Crippen MR) is 94.4 cm³/mol. The van der Waals surface area contributed by atoms with Crippen LogP contribution in [0.4, 0.5) is 19.0 Å². The Hall–Kier alpha value is -3.19. The molecule has 3 aromatic rings. The first kappa shape index (κ1) is 18.2. The van der Waals surface area contributed by atoms with Crippen molar-refractivity contribution in [3.63, 3.8) is 0 Å². The number of nitriles is 1. The fraction of sp³-hybridized carbons (Fsp3) is 0.333. The van der Waals surface area contributed by atoms with Crippen LogP contribution in [0.2, 0.25) is 0 Å². The summed E-state index contributed by atoms with van der Waals surface area (Å²) in [5, 5.41) is 20.0. The molecule has 0 saturated carbocycles. The van der Waals surface area contributed by atoms with Crippen molar-refractivity contribution in [1.29, 1.82) is 5.26 Å². The second kappa shape index (κ2) is 7.09. The number of piperazine rings is 1. The van der Waals surface area contributed by atoms with Gasteiger partial charge in [0.2, 0.25) is 0 Å². The second-order valence-electron chi connectivity index (χ2n) is 6.52. The Morgan fingerprint density at radius 1 is 1.00 bits per heavy atom. The van der Waals surface area contributed by atoms with Crippen LogP contribution >= 0.6 is 0 Å². The van der Waals surface area contributed by atoms with Gasteiger partial charge >= 0.3 is 6.18 Å². The number of fused-ring (bicyclic) bond motifs is 1. The van der Waals surface area contributed by atoms with Crippen molar-refractivity contribution in [1.82, 2.24) is 24.7 Å². The summed E-state index contributed by atoms with van der Waals surface area (Å²) in [5.41, 5.74) is 1.68. The minimum atomic E-state index is -4.61. The van der Waals surface area contributed by atoms with E-state index in [-0.39, 0.29) is 5.65 Å². The third kappa shape index (κ3) is 3.48. The van der Waals surface area contributed by atoms with E-state index in [1.54, 1.807) is 12.1 Å². The van der Waals surface area contributed by atoms with Crippen LogP contribution in [0.15, 0.2) is 36.4 Å². The van der Waals surface area contributed by atoms with Gasteiger partial charge in [-0.2, -0.15) is 22.9 Å². The van der Waals surface area contributed by atoms with Gasteiger partial charge in [-0.25, -0.2) is 0 Å². The van der Waals surface area contributed by atoms with E-state index in [9.17, 15) is 18.4 Å². The van der Waals surface area contributed by atoms with Crippen LogP contribution in [0.25, 0.3) is 5.65 Å². The molecule has 10 heteroatoms. The lowest BCUT2D eigenvalue weighted by Crippen LogP contribution is -2.46. The molecule has 0 radical (unpaired) electrons. The van der Waals surface area contributed by atoms with Crippen molar-refractivity contribution in [3.05, 3.63) is 53.3 Å². The molecule has 1 aromatic carbocycles. The lowest BCUT2D eigenvalue weighted by atomic mass is 10.1. The Morgan fingerprint density at radius 2 is 1.75 bits per heavy atom. The number of hydrogen-bond donors (Lipinski definition) is 0. The number of alkyl halides is 3. The number of benzene rings is 1. The zero-order chi connectivity index (χ0) is 19.7. The van der Waals surface area contributed by atoms with E-state index in [4.69, 9.17) is 0 Å². The van der Waals surface area contributed by atoms with E-state index >= 15 is 0 Å². The van der Waals surface area contributed by atoms with Gasteiger partial charge in [0, 0.05) is 32.7 Å². The molecule has 1 saturated heterocycles. The van der Waals surface area contributed by atoms with Crippen molar-refractivity contribution in [3.8, 4) is 6.07 Å². The van der Waals surface area contributed by atoms with Crippen molar-refractivity contribution in [2.45, 2.75) is 12.7 Å². The molecule has 2 aromatic heterocycles. The van der Waals surface area contributed by atoms with Crippen molar-refractivity contribution in [2.75, 3.05) is 31.1 Å². The Labute approximate surface area is 158 Å². The summed E-state index contributed by atoms with van der Waals surface area (Å²) in [4.78, 5) is 4.15. The van der Waals surface area contributed by atoms with E-state index in [0.29, 0.717) is 44.1 Å². The third-order valence-corrected chi connectivity index (χ3v) is 4.73. The van der Waals surface area contributed by atoms with Crippen molar-refractivity contribution < 1.29 is 13.2 Å². The maximum absolute atomic E-state index is 13.0. The van der Waals surface area contributed by atoms with Gasteiger partial charge in [0.25, 0.3) is 5.82 Å². The number of nitrogens with zero attached hydrogens (tertiary/aromatic N) is 7. The molecule has 1 aliphatic heterocycles. The first-order valence-corrected chi connectivity index (χ1v) is 8.70. The van der Waals surface area contributed by atoms with Gasteiger partial charge in [-0.05, 0) is 23.8 Å². The van der Waals surface area contributed by atoms with Crippen LogP contribution in [-0.4, -0.2) is 50.9 Å². The standard InChI is InChI=1S/C18H16F3N7/c19-18(20,21)17-24-23-15-5-6-16(25-28(15)17)27-9-7-26(8-10-27)12-14-4-2-1-3-13(14)11-22/h1-6H,7-10,12H2. The Morgan fingerprint density at radius 3 is 2.46 bits per heavy atom. The molecule has 144 valence electrons. The number of rotatable bonds is 3. The summed E-state index contributed by atoms with van der Waals surface area (Å²) in [6.45, 7) is 3.34. The summed E-state index contributed by atoms with van der Waals surface area (Å²) >= 11 is 0. The van der Waals surface area contributed by atoms with Crippen LogP contribution in [-0.2, 0) is 12.7 Å². The molecule has 0 atom stereocenters. The fourth-order valence-electron chi connectivity index (χ4n) is 3.27. The van der Waals surface area contributed by atoms with Crippen LogP contribution in [0.1, 0.15) is 17.0 Å². The molecule has 0 amide bonds. The smallest absolute Gasteiger partial charge is 0.353 e. The maximum Gasteiger partial charge on any atom is 0.453 e. The monoisotopic (exact) mass is 387 g/mol. The summed E-state index contributed by atoms with van der Waals surface area (Å²) in [6.07, 6.45) is -4.61. The largest absolute Gasteiger partial charge is 0.453 e. The SMILES string of the molecule is N#Cc1ccccc1CN1CCN(c2ccc3nnc(C(F)(F)F)n3n2)CC1. The molecule has 0 unspecified atom stereocenters. The zero-order valence-electron chi connectivity index (χ0n) is 14.8. The normalized spacial score (nSPS) is 15.7. The molecule has 0 bridgehead atoms. The summed E-state index contributed by atoms with van der Waals surface area (Å²) in [6, 6.07) is 12.8. The molecule has 0 spiro atoms. The van der Waals surface area contributed by atoms with Crippen LogP contribution in [0.5, 0.6) is 0 Å². The number of anilines is 1. The van der Waals surface area contributed by atoms with E-state index in [1.165, 1.54) is 6.07 Å². The lowest BCUT2D eigenvalue weighted by molar-refractivity contribution is -0.146. The Balaban J connectivity index is 1.47. The van der Waals surface area contributed by atoms with Gasteiger partial charge in [-0.1, -0.05) is 18.2 Å². The van der Waals surface area contributed by atoms with Crippen LogP contribution in [0, 0.1) is 11.3 Å². The molecule has 1 fully saturated rings. The van der Waals surface area contributed by atoms with E-state index in [2.05, 4.69) is 26.3 Å². The molecular weight excluding hydrogens is 371 g/mol. The van der Waals surface area contributed by atoms with Crippen molar-refractivity contribution >= 4 is 11.5 Å². The average Bonchev–Trinajstić information content (AvgIpc) is 3.13. The molecule has 3 heterocycles. The Bertz CT molecular complexity index is 1030. The number of halogens is 3. The molecule has 1 aliphatic rings. The van der Waals surface area contributed by atoms with E-state index < -0.39 is 12.0 Å². The first-order chi connectivity index (χ1) is 13.5. The van der Waals surface area contributed by atoms with Crippen LogP contribution < -0.4 is 4.90 Å². The topological polar surface area (TPSA) is 73.4 Å². The van der Waals surface area contributed by atoms with E-state index in [1.807, 2.05) is 23.1 Å². The molecule has 7 nitrogen and oxygen atoms in total. The zero-order valence-corrected chi connectivity index (χ0v) is 14.8. The third-order valence-electron chi connectivity index (χ3n) is 4.73. The maximum atomic E-state index is 13.0. The highest BCUT2D eigenvalue weighted by Crippen LogP contribution is 2.28. The van der Waals surface area contributed by atoms with Gasteiger partial charge in [-0.3, -0.25) is 4.90 Å². The highest BCUT2D eigenvalue weighted by Gasteiger charge is 2.37. The molecular formula is C18H16F3N7. The fourth-order valence-corrected chi connectivity index (χ4v) is 3.27. The minimum absolute atomic E-state index is 0.0582. The number of hydrogen-bond acceptors (Lipinski definition) is 6. The predicted octanol–water partition coefficient (Wildman–Crippen LogP) is 2.34. The van der Waals surface area contributed by atoms with Gasteiger partial charge in [0.15, 0.2) is 5.65 Å². The molecule has 28 heavy (non-hydrogen) atoms. The number of aromatic nitrogens is 4. The van der Waals surface area contributed by atoms with Crippen LogP contribution in [0.3, 0.4) is 0 Å². The van der Waals surface area contributed by atoms with Gasteiger partial charge < -0.3 is 4.90 Å². The highest BCUT2D eigenvalue weighted by molar-refractivity contribution is 5.46. The minimum Gasteiger partial charge on any atom is -0.353 e. The first-order valence-electron chi connectivity index (χ1n) is 8.70.